The molecule has 0 saturated heterocycles. The number of carbonyl (C=O) groups is 1. The summed E-state index contributed by atoms with van der Waals surface area (Å²) in [5, 5.41) is 3.62. The summed E-state index contributed by atoms with van der Waals surface area (Å²) in [4.78, 5) is 17.2. The molecule has 29 heavy (non-hydrogen) atoms. The van der Waals surface area contributed by atoms with E-state index in [-0.39, 0.29) is 5.75 Å². The fraction of sp³-hybridized carbons (Fsp3) is 0.0909. The Labute approximate surface area is 169 Å². The van der Waals surface area contributed by atoms with Crippen molar-refractivity contribution in [3.63, 3.8) is 0 Å². The van der Waals surface area contributed by atoms with E-state index in [2.05, 4.69) is 10.3 Å². The number of carbonyl (C=O) groups excluding carboxylic acids is 1. The zero-order valence-corrected chi connectivity index (χ0v) is 16.2. The Hall–Kier alpha value is -3.32. The van der Waals surface area contributed by atoms with Gasteiger partial charge in [0.2, 0.25) is 0 Å². The van der Waals surface area contributed by atoms with Crippen molar-refractivity contribution in [2.45, 2.75) is 13.0 Å². The minimum Gasteiger partial charge on any atom is -0.481 e. The van der Waals surface area contributed by atoms with Crippen LogP contribution in [0.25, 0.3) is 20.8 Å². The standard InChI is InChI=1S/C22H16F2N2O2S/c1-13(28-14-10-11-16(23)17(24)12-14)21(27)25-18-7-3-2-6-15(18)22-26-19-8-4-5-9-20(19)29-22/h2-13H,1H3,(H,25,27). The highest BCUT2D eigenvalue weighted by atomic mass is 32.1. The maximum atomic E-state index is 13.3. The number of aromatic nitrogens is 1. The molecule has 1 unspecified atom stereocenters. The van der Waals surface area contributed by atoms with Gasteiger partial charge in [0, 0.05) is 11.6 Å². The molecule has 4 aromatic rings. The van der Waals surface area contributed by atoms with Gasteiger partial charge in [-0.25, -0.2) is 13.8 Å². The zero-order valence-electron chi connectivity index (χ0n) is 15.4. The Balaban J connectivity index is 1.54. The molecule has 0 bridgehead atoms. The van der Waals surface area contributed by atoms with Crippen LogP contribution >= 0.6 is 11.3 Å². The summed E-state index contributed by atoms with van der Waals surface area (Å²) in [6, 6.07) is 18.3. The number of thiazole rings is 1. The Kier molecular flexibility index (Phi) is 5.22. The highest BCUT2D eigenvalue weighted by Gasteiger charge is 2.18. The number of rotatable bonds is 5. The minimum absolute atomic E-state index is 0.0750. The second kappa shape index (κ2) is 7.97. The first-order valence-electron chi connectivity index (χ1n) is 8.89. The van der Waals surface area contributed by atoms with E-state index in [9.17, 15) is 13.6 Å². The van der Waals surface area contributed by atoms with Gasteiger partial charge in [0.25, 0.3) is 5.91 Å². The molecule has 0 aliphatic carbocycles. The molecule has 1 N–H and O–H groups in total. The summed E-state index contributed by atoms with van der Waals surface area (Å²) in [5.74, 6) is -2.34. The van der Waals surface area contributed by atoms with Gasteiger partial charge in [-0.2, -0.15) is 0 Å². The van der Waals surface area contributed by atoms with Gasteiger partial charge in [0.1, 0.15) is 10.8 Å². The maximum absolute atomic E-state index is 13.3. The molecule has 3 aromatic carbocycles. The molecule has 0 saturated carbocycles. The van der Waals surface area contributed by atoms with E-state index in [4.69, 9.17) is 4.74 Å². The van der Waals surface area contributed by atoms with Crippen molar-refractivity contribution in [2.24, 2.45) is 0 Å². The van der Waals surface area contributed by atoms with Gasteiger partial charge in [0.05, 0.1) is 15.9 Å². The van der Waals surface area contributed by atoms with Crippen molar-refractivity contribution in [1.29, 1.82) is 0 Å². The van der Waals surface area contributed by atoms with Crippen LogP contribution in [-0.2, 0) is 4.79 Å². The van der Waals surface area contributed by atoms with Gasteiger partial charge in [0.15, 0.2) is 17.7 Å². The Bertz CT molecular complexity index is 1160. The molecule has 7 heteroatoms. The summed E-state index contributed by atoms with van der Waals surface area (Å²) < 4.78 is 32.9. The Morgan fingerprint density at radius 2 is 1.79 bits per heavy atom. The van der Waals surface area contributed by atoms with Crippen LogP contribution in [0.2, 0.25) is 0 Å². The van der Waals surface area contributed by atoms with Gasteiger partial charge in [-0.1, -0.05) is 24.3 Å². The number of para-hydroxylation sites is 2. The minimum atomic E-state index is -1.03. The molecule has 0 aliphatic heterocycles. The summed E-state index contributed by atoms with van der Waals surface area (Å²) in [6.07, 6.45) is -0.914. The molecule has 4 rings (SSSR count). The lowest BCUT2D eigenvalue weighted by atomic mass is 10.2. The fourth-order valence-electron chi connectivity index (χ4n) is 2.81. The highest BCUT2D eigenvalue weighted by Crippen LogP contribution is 2.34. The van der Waals surface area contributed by atoms with Crippen LogP contribution in [0.4, 0.5) is 14.5 Å². The lowest BCUT2D eigenvalue weighted by Crippen LogP contribution is -2.30. The molecule has 1 aromatic heterocycles. The number of anilines is 1. The van der Waals surface area contributed by atoms with E-state index in [1.54, 1.807) is 6.07 Å². The average Bonchev–Trinajstić information content (AvgIpc) is 3.15. The van der Waals surface area contributed by atoms with Crippen LogP contribution in [0.15, 0.2) is 66.7 Å². The van der Waals surface area contributed by atoms with E-state index in [1.165, 1.54) is 24.3 Å². The maximum Gasteiger partial charge on any atom is 0.265 e. The number of ether oxygens (including phenoxy) is 1. The third-order valence-electron chi connectivity index (χ3n) is 4.28. The van der Waals surface area contributed by atoms with Gasteiger partial charge in [-0.05, 0) is 43.3 Å². The highest BCUT2D eigenvalue weighted by molar-refractivity contribution is 7.21. The smallest absolute Gasteiger partial charge is 0.265 e. The van der Waals surface area contributed by atoms with E-state index >= 15 is 0 Å². The normalized spacial score (nSPS) is 12.0. The topological polar surface area (TPSA) is 51.2 Å². The third kappa shape index (κ3) is 4.09. The van der Waals surface area contributed by atoms with E-state index in [0.29, 0.717) is 5.69 Å². The van der Waals surface area contributed by atoms with Crippen molar-refractivity contribution in [3.8, 4) is 16.3 Å². The number of nitrogens with one attached hydrogen (secondary N) is 1. The van der Waals surface area contributed by atoms with Crippen molar-refractivity contribution in [1.82, 2.24) is 4.98 Å². The quantitative estimate of drug-likeness (QED) is 0.463. The molecule has 146 valence electrons. The molecule has 4 nitrogen and oxygen atoms in total. The molecular formula is C22H16F2N2O2S. The van der Waals surface area contributed by atoms with Crippen LogP contribution < -0.4 is 10.1 Å². The van der Waals surface area contributed by atoms with E-state index in [1.807, 2.05) is 42.5 Å². The summed E-state index contributed by atoms with van der Waals surface area (Å²) in [7, 11) is 0. The second-order valence-electron chi connectivity index (χ2n) is 6.36. The van der Waals surface area contributed by atoms with Crippen molar-refractivity contribution < 1.29 is 18.3 Å². The van der Waals surface area contributed by atoms with Crippen LogP contribution in [0.5, 0.6) is 5.75 Å². The molecular weight excluding hydrogens is 394 g/mol. The summed E-state index contributed by atoms with van der Waals surface area (Å²) in [5.41, 5.74) is 2.28. The average molecular weight is 410 g/mol. The lowest BCUT2D eigenvalue weighted by molar-refractivity contribution is -0.122. The lowest BCUT2D eigenvalue weighted by Gasteiger charge is -2.16. The number of halogens is 2. The summed E-state index contributed by atoms with van der Waals surface area (Å²) >= 11 is 1.53. The third-order valence-corrected chi connectivity index (χ3v) is 5.35. The Morgan fingerprint density at radius 1 is 1.03 bits per heavy atom. The van der Waals surface area contributed by atoms with E-state index in [0.717, 1.165) is 32.9 Å². The van der Waals surface area contributed by atoms with E-state index < -0.39 is 23.6 Å². The number of benzene rings is 3. The SMILES string of the molecule is CC(Oc1ccc(F)c(F)c1)C(=O)Nc1ccccc1-c1nc2ccccc2s1. The number of hydrogen-bond donors (Lipinski definition) is 1. The Morgan fingerprint density at radius 3 is 2.59 bits per heavy atom. The first kappa shape index (κ1) is 19.0. The second-order valence-corrected chi connectivity index (χ2v) is 7.39. The number of nitrogens with zero attached hydrogens (tertiary/aromatic N) is 1. The molecule has 1 atom stereocenters. The number of amides is 1. The molecule has 0 radical (unpaired) electrons. The van der Waals surface area contributed by atoms with Crippen molar-refractivity contribution >= 4 is 33.1 Å². The van der Waals surface area contributed by atoms with Crippen LogP contribution in [0, 0.1) is 11.6 Å². The monoisotopic (exact) mass is 410 g/mol. The van der Waals surface area contributed by atoms with Crippen LogP contribution in [0.3, 0.4) is 0 Å². The van der Waals surface area contributed by atoms with Crippen LogP contribution in [-0.4, -0.2) is 17.0 Å². The fourth-order valence-corrected chi connectivity index (χ4v) is 3.81. The molecule has 0 spiro atoms. The zero-order chi connectivity index (χ0) is 20.4. The summed E-state index contributed by atoms with van der Waals surface area (Å²) in [6.45, 7) is 1.54. The first-order valence-corrected chi connectivity index (χ1v) is 9.70. The number of hydrogen-bond acceptors (Lipinski definition) is 4. The van der Waals surface area contributed by atoms with Crippen molar-refractivity contribution in [2.75, 3.05) is 5.32 Å². The van der Waals surface area contributed by atoms with Crippen LogP contribution in [0.1, 0.15) is 6.92 Å². The predicted molar refractivity (Wildman–Crippen MR) is 110 cm³/mol. The molecule has 1 amide bonds. The molecule has 0 fully saturated rings. The number of fused-ring (bicyclic) bond motifs is 1. The molecule has 0 aliphatic rings. The van der Waals surface area contributed by atoms with Gasteiger partial charge >= 0.3 is 0 Å². The predicted octanol–water partition coefficient (Wildman–Crippen LogP) is 5.65. The molecule has 1 heterocycles. The first-order chi connectivity index (χ1) is 14.0. The van der Waals surface area contributed by atoms with Gasteiger partial charge < -0.3 is 10.1 Å². The largest absolute Gasteiger partial charge is 0.481 e. The van der Waals surface area contributed by atoms with Gasteiger partial charge in [-0.3, -0.25) is 4.79 Å². The van der Waals surface area contributed by atoms with Crippen molar-refractivity contribution in [3.05, 3.63) is 78.4 Å². The van der Waals surface area contributed by atoms with Gasteiger partial charge in [-0.15, -0.1) is 11.3 Å².